The maximum Gasteiger partial charge on any atom is 0.303 e. The highest BCUT2D eigenvalue weighted by Gasteiger charge is 2.45. The highest BCUT2D eigenvalue weighted by Crippen LogP contribution is 2.40. The summed E-state index contributed by atoms with van der Waals surface area (Å²) >= 11 is 3.35. The maximum atomic E-state index is 13.0. The van der Waals surface area contributed by atoms with E-state index in [1.54, 1.807) is 55.6 Å². The first kappa shape index (κ1) is 23.5. The molecule has 1 atom stereocenters. The number of aliphatic carboxylic acids is 1. The smallest absolute Gasteiger partial charge is 0.303 e. The second-order valence-electron chi connectivity index (χ2n) is 7.48. The van der Waals surface area contributed by atoms with Crippen molar-refractivity contribution in [3.05, 3.63) is 69.7 Å². The van der Waals surface area contributed by atoms with Crippen molar-refractivity contribution in [2.45, 2.75) is 31.7 Å². The topological polar surface area (TPSA) is 104 Å². The van der Waals surface area contributed by atoms with Crippen molar-refractivity contribution in [3.63, 3.8) is 0 Å². The Morgan fingerprint density at radius 2 is 1.66 bits per heavy atom. The molecule has 1 heterocycles. The third-order valence-corrected chi connectivity index (χ3v) is 5.91. The van der Waals surface area contributed by atoms with Crippen LogP contribution in [0.5, 0.6) is 5.75 Å². The van der Waals surface area contributed by atoms with E-state index in [0.29, 0.717) is 36.1 Å². The Kier molecular flexibility index (Phi) is 7.69. The van der Waals surface area contributed by atoms with E-state index < -0.39 is 23.7 Å². The average molecular weight is 502 g/mol. The number of aliphatic hydroxyl groups is 1. The Balaban J connectivity index is 1.97. The number of nitrogens with zero attached hydrogens (tertiary/aromatic N) is 1. The lowest BCUT2D eigenvalue weighted by molar-refractivity contribution is -0.140. The number of rotatable bonds is 9. The first-order valence-electron chi connectivity index (χ1n) is 10.2. The number of carboxylic acids is 1. The zero-order valence-electron chi connectivity index (χ0n) is 17.6. The average Bonchev–Trinajstić information content (AvgIpc) is 3.03. The summed E-state index contributed by atoms with van der Waals surface area (Å²) in [4.78, 5) is 38.0. The van der Waals surface area contributed by atoms with Gasteiger partial charge in [-0.1, -0.05) is 46.6 Å². The molecule has 0 bridgehead atoms. The van der Waals surface area contributed by atoms with E-state index in [1.807, 2.05) is 0 Å². The van der Waals surface area contributed by atoms with E-state index >= 15 is 0 Å². The molecule has 168 valence electrons. The van der Waals surface area contributed by atoms with Crippen LogP contribution in [0.4, 0.5) is 0 Å². The van der Waals surface area contributed by atoms with Gasteiger partial charge in [0, 0.05) is 23.0 Å². The number of unbranched alkanes of at least 4 members (excludes halogenated alkanes) is 2. The van der Waals surface area contributed by atoms with Crippen molar-refractivity contribution in [1.29, 1.82) is 0 Å². The van der Waals surface area contributed by atoms with Crippen molar-refractivity contribution < 1.29 is 29.3 Å². The minimum Gasteiger partial charge on any atom is -0.507 e. The molecule has 1 aliphatic heterocycles. The molecule has 0 aromatic heterocycles. The van der Waals surface area contributed by atoms with Crippen LogP contribution in [0.1, 0.15) is 42.9 Å². The Morgan fingerprint density at radius 1 is 1.00 bits per heavy atom. The molecule has 7 nitrogen and oxygen atoms in total. The lowest BCUT2D eigenvalue weighted by Gasteiger charge is -2.25. The highest BCUT2D eigenvalue weighted by atomic mass is 79.9. The third kappa shape index (κ3) is 5.19. The van der Waals surface area contributed by atoms with Crippen LogP contribution in [0.3, 0.4) is 0 Å². The first-order valence-corrected chi connectivity index (χ1v) is 11.0. The zero-order valence-corrected chi connectivity index (χ0v) is 19.2. The molecule has 0 saturated carbocycles. The van der Waals surface area contributed by atoms with Crippen molar-refractivity contribution in [3.8, 4) is 5.75 Å². The van der Waals surface area contributed by atoms with Crippen LogP contribution in [-0.4, -0.2) is 46.4 Å². The number of benzene rings is 2. The quantitative estimate of drug-likeness (QED) is 0.226. The zero-order chi connectivity index (χ0) is 23.3. The van der Waals surface area contributed by atoms with Gasteiger partial charge in [0.05, 0.1) is 18.7 Å². The fourth-order valence-electron chi connectivity index (χ4n) is 3.74. The second kappa shape index (κ2) is 10.5. The molecule has 1 aliphatic rings. The number of ether oxygens (including phenoxy) is 1. The van der Waals surface area contributed by atoms with Gasteiger partial charge in [0.25, 0.3) is 11.7 Å². The van der Waals surface area contributed by atoms with Crippen LogP contribution in [-0.2, 0) is 14.4 Å². The lowest BCUT2D eigenvalue weighted by atomic mass is 9.95. The molecule has 1 unspecified atom stereocenters. The third-order valence-electron chi connectivity index (χ3n) is 5.38. The number of aliphatic hydroxyl groups excluding tert-OH is 1. The molecule has 2 aromatic carbocycles. The largest absolute Gasteiger partial charge is 0.507 e. The van der Waals surface area contributed by atoms with Crippen LogP contribution in [0.2, 0.25) is 0 Å². The number of methoxy groups -OCH3 is 1. The van der Waals surface area contributed by atoms with E-state index in [2.05, 4.69) is 15.9 Å². The molecule has 0 radical (unpaired) electrons. The van der Waals surface area contributed by atoms with Crippen molar-refractivity contribution in [2.24, 2.45) is 0 Å². The number of likely N-dealkylation sites (tertiary alicyclic amines) is 1. The maximum absolute atomic E-state index is 13.0. The van der Waals surface area contributed by atoms with E-state index in [9.17, 15) is 19.5 Å². The molecule has 1 amide bonds. The summed E-state index contributed by atoms with van der Waals surface area (Å²) < 4.78 is 6.03. The van der Waals surface area contributed by atoms with Gasteiger partial charge in [-0.05, 0) is 42.7 Å². The summed E-state index contributed by atoms with van der Waals surface area (Å²) in [7, 11) is 1.55. The molecule has 2 aromatic rings. The number of carboxylic acid groups (broad SMARTS) is 1. The van der Waals surface area contributed by atoms with Crippen molar-refractivity contribution in [1.82, 2.24) is 4.90 Å². The standard InChI is InChI=1S/C24H24BrNO6/c1-32-18-12-8-15(9-13-18)21-20(22(29)16-6-10-17(25)11-7-16)23(30)24(31)26(21)14-4-2-3-5-19(27)28/h6-13,21,29H,2-5,14H2,1H3,(H,27,28)/b22-20-. The molecular weight excluding hydrogens is 478 g/mol. The van der Waals surface area contributed by atoms with Crippen LogP contribution >= 0.6 is 15.9 Å². The first-order chi connectivity index (χ1) is 15.3. The fourth-order valence-corrected chi connectivity index (χ4v) is 4.01. The number of carbonyl (C=O) groups excluding carboxylic acids is 2. The Hall–Kier alpha value is -3.13. The molecule has 0 aliphatic carbocycles. The molecule has 32 heavy (non-hydrogen) atoms. The van der Waals surface area contributed by atoms with Crippen LogP contribution in [0.15, 0.2) is 58.6 Å². The lowest BCUT2D eigenvalue weighted by Crippen LogP contribution is -2.30. The predicted octanol–water partition coefficient (Wildman–Crippen LogP) is 4.52. The minimum atomic E-state index is -0.863. The summed E-state index contributed by atoms with van der Waals surface area (Å²) in [5.41, 5.74) is 1.15. The van der Waals surface area contributed by atoms with Gasteiger partial charge < -0.3 is 19.8 Å². The number of hydrogen-bond donors (Lipinski definition) is 2. The van der Waals surface area contributed by atoms with Crippen LogP contribution in [0, 0.1) is 0 Å². The number of Topliss-reactive ketones (excluding diaryl/α,β-unsaturated/α-hetero) is 1. The van der Waals surface area contributed by atoms with Gasteiger partial charge in [-0.25, -0.2) is 0 Å². The Labute approximate surface area is 194 Å². The molecular formula is C24H24BrNO6. The molecule has 2 N–H and O–H groups in total. The van der Waals surface area contributed by atoms with E-state index in [1.165, 1.54) is 4.90 Å². The summed E-state index contributed by atoms with van der Waals surface area (Å²) in [6.07, 6.45) is 1.71. The number of halogens is 1. The van der Waals surface area contributed by atoms with Crippen LogP contribution < -0.4 is 4.74 Å². The molecule has 8 heteroatoms. The van der Waals surface area contributed by atoms with Gasteiger partial charge in [-0.3, -0.25) is 14.4 Å². The summed E-state index contributed by atoms with van der Waals surface area (Å²) in [5, 5.41) is 19.8. The summed E-state index contributed by atoms with van der Waals surface area (Å²) in [6, 6.07) is 13.1. The van der Waals surface area contributed by atoms with Gasteiger partial charge >= 0.3 is 5.97 Å². The van der Waals surface area contributed by atoms with E-state index in [0.717, 1.165) is 4.47 Å². The van der Waals surface area contributed by atoms with Gasteiger partial charge in [0.2, 0.25) is 0 Å². The van der Waals surface area contributed by atoms with E-state index in [4.69, 9.17) is 9.84 Å². The monoisotopic (exact) mass is 501 g/mol. The highest BCUT2D eigenvalue weighted by molar-refractivity contribution is 9.10. The number of carbonyl (C=O) groups is 3. The van der Waals surface area contributed by atoms with Gasteiger partial charge in [0.1, 0.15) is 11.5 Å². The normalized spacial score (nSPS) is 17.6. The Bertz CT molecular complexity index is 1030. The minimum absolute atomic E-state index is 0.0352. The van der Waals surface area contributed by atoms with Crippen molar-refractivity contribution in [2.75, 3.05) is 13.7 Å². The number of ketones is 1. The fraction of sp³-hybridized carbons (Fsp3) is 0.292. The second-order valence-corrected chi connectivity index (χ2v) is 8.39. The molecule has 3 rings (SSSR count). The van der Waals surface area contributed by atoms with E-state index in [-0.39, 0.29) is 24.3 Å². The van der Waals surface area contributed by atoms with Crippen LogP contribution in [0.25, 0.3) is 5.76 Å². The molecule has 1 fully saturated rings. The Morgan fingerprint density at radius 3 is 2.25 bits per heavy atom. The van der Waals surface area contributed by atoms with Crippen molar-refractivity contribution >= 4 is 39.3 Å². The molecule has 0 spiro atoms. The van der Waals surface area contributed by atoms with Gasteiger partial charge in [0.15, 0.2) is 0 Å². The number of hydrogen-bond acceptors (Lipinski definition) is 5. The predicted molar refractivity (Wildman–Crippen MR) is 122 cm³/mol. The molecule has 1 saturated heterocycles. The number of amides is 1. The SMILES string of the molecule is COc1ccc(C2/C(=C(/O)c3ccc(Br)cc3)C(=O)C(=O)N2CCCCCC(=O)O)cc1. The summed E-state index contributed by atoms with van der Waals surface area (Å²) in [6.45, 7) is 0.276. The van der Waals surface area contributed by atoms with Gasteiger partial charge in [-0.2, -0.15) is 0 Å². The summed E-state index contributed by atoms with van der Waals surface area (Å²) in [5.74, 6) is -1.88. The van der Waals surface area contributed by atoms with Gasteiger partial charge in [-0.15, -0.1) is 0 Å².